The fraction of sp³-hybridized carbons (Fsp3) is 0.538. The maximum absolute atomic E-state index is 12.3. The van der Waals surface area contributed by atoms with Gasteiger partial charge in [0.05, 0.1) is 25.3 Å². The molecule has 4 N–H and O–H groups in total. The topological polar surface area (TPSA) is 144 Å². The summed E-state index contributed by atoms with van der Waals surface area (Å²) < 4.78 is 43.1. The number of pyridine rings is 1. The number of halogens is 3. The van der Waals surface area contributed by atoms with Crippen molar-refractivity contribution in [3.8, 4) is 5.75 Å². The molecule has 0 spiro atoms. The molecule has 39 heavy (non-hydrogen) atoms. The Balaban J connectivity index is 0.000000532. The van der Waals surface area contributed by atoms with Gasteiger partial charge in [-0.3, -0.25) is 4.79 Å². The summed E-state index contributed by atoms with van der Waals surface area (Å²) in [5.41, 5.74) is 9.68. The lowest BCUT2D eigenvalue weighted by atomic mass is 10.1. The number of carbonyl (C=O) groups excluding carboxylic acids is 1. The first kappa shape index (κ1) is 29.9. The van der Waals surface area contributed by atoms with E-state index >= 15 is 0 Å². The van der Waals surface area contributed by atoms with Gasteiger partial charge in [-0.05, 0) is 38.3 Å². The molecule has 10 nitrogen and oxygen atoms in total. The smallest absolute Gasteiger partial charge is 0.490 e. The molecule has 0 atom stereocenters. The van der Waals surface area contributed by atoms with Crippen LogP contribution in [0.5, 0.6) is 5.75 Å². The Morgan fingerprint density at radius 3 is 2.51 bits per heavy atom. The maximum Gasteiger partial charge on any atom is 0.490 e. The van der Waals surface area contributed by atoms with Crippen molar-refractivity contribution in [3.63, 3.8) is 0 Å². The second kappa shape index (κ2) is 13.5. The summed E-state index contributed by atoms with van der Waals surface area (Å²) in [4.78, 5) is 35.8. The van der Waals surface area contributed by atoms with Gasteiger partial charge in [0.1, 0.15) is 28.4 Å². The van der Waals surface area contributed by atoms with Crippen molar-refractivity contribution in [2.24, 2.45) is 0 Å². The summed E-state index contributed by atoms with van der Waals surface area (Å²) in [6.07, 6.45) is 0.188. The Labute approximate surface area is 223 Å². The van der Waals surface area contributed by atoms with Crippen LogP contribution in [-0.4, -0.2) is 75.9 Å². The van der Waals surface area contributed by atoms with Crippen LogP contribution in [0.15, 0.2) is 12.1 Å². The number of carboxylic acids is 1. The first-order valence-electron chi connectivity index (χ1n) is 12.9. The van der Waals surface area contributed by atoms with Gasteiger partial charge in [0.2, 0.25) is 5.91 Å². The molecule has 4 rings (SSSR count). The van der Waals surface area contributed by atoms with E-state index < -0.39 is 12.1 Å². The Hall–Kier alpha value is -3.61. The molecule has 1 aliphatic heterocycles. The number of hydrogen-bond acceptors (Lipinski definition) is 7. The highest BCUT2D eigenvalue weighted by Crippen LogP contribution is 2.33. The molecule has 13 heteroatoms. The molecule has 3 heterocycles. The minimum atomic E-state index is -5.08. The van der Waals surface area contributed by atoms with Gasteiger partial charge in [0, 0.05) is 36.9 Å². The van der Waals surface area contributed by atoms with Gasteiger partial charge in [-0.1, -0.05) is 13.3 Å². The minimum Gasteiger partial charge on any atom is -0.493 e. The predicted octanol–water partition coefficient (Wildman–Crippen LogP) is 4.39. The number of imidazole rings is 1. The number of aliphatic carboxylic acids is 1. The van der Waals surface area contributed by atoms with Gasteiger partial charge in [0.25, 0.3) is 0 Å². The first-order chi connectivity index (χ1) is 18.5. The van der Waals surface area contributed by atoms with E-state index in [9.17, 15) is 18.0 Å². The summed E-state index contributed by atoms with van der Waals surface area (Å²) in [5.74, 6) is -0.312. The second-order valence-electron chi connectivity index (χ2n) is 9.19. The van der Waals surface area contributed by atoms with Crippen LogP contribution in [0.25, 0.3) is 21.9 Å². The number of nitrogen functional groups attached to an aromatic ring is 1. The number of unbranched alkanes of at least 4 members (excludes halogenated alkanes) is 2. The van der Waals surface area contributed by atoms with E-state index in [1.807, 2.05) is 24.0 Å². The lowest BCUT2D eigenvalue weighted by Crippen LogP contribution is -2.40. The Morgan fingerprint density at radius 1 is 1.18 bits per heavy atom. The molecule has 1 saturated heterocycles. The lowest BCUT2D eigenvalue weighted by Gasteiger charge is -2.26. The molecule has 1 aromatic carbocycles. The van der Waals surface area contributed by atoms with E-state index in [1.54, 1.807) is 0 Å². The highest BCUT2D eigenvalue weighted by atomic mass is 19.4. The normalized spacial score (nSPS) is 13.8. The average Bonchev–Trinajstić information content (AvgIpc) is 3.33. The molecule has 0 saturated carbocycles. The quantitative estimate of drug-likeness (QED) is 0.331. The Bertz CT molecular complexity index is 1290. The molecule has 1 amide bonds. The van der Waals surface area contributed by atoms with Crippen LogP contribution < -0.4 is 10.5 Å². The summed E-state index contributed by atoms with van der Waals surface area (Å²) in [7, 11) is 0. The number of amides is 1. The first-order valence-corrected chi connectivity index (χ1v) is 12.9. The third kappa shape index (κ3) is 7.94. The number of fused-ring (bicyclic) bond motifs is 3. The molecular weight excluding hydrogens is 519 g/mol. The van der Waals surface area contributed by atoms with Crippen molar-refractivity contribution in [1.82, 2.24) is 19.9 Å². The summed E-state index contributed by atoms with van der Waals surface area (Å²) in [6.45, 7) is 7.45. The number of H-pyrrole nitrogens is 1. The van der Waals surface area contributed by atoms with Crippen molar-refractivity contribution in [1.29, 1.82) is 0 Å². The van der Waals surface area contributed by atoms with Gasteiger partial charge in [-0.2, -0.15) is 13.2 Å². The molecule has 1 fully saturated rings. The molecule has 0 bridgehead atoms. The van der Waals surface area contributed by atoms with Gasteiger partial charge >= 0.3 is 12.1 Å². The number of nitrogens with zero attached hydrogens (tertiary/aromatic N) is 3. The number of aryl methyl sites for hydroxylation is 2. The van der Waals surface area contributed by atoms with E-state index in [4.69, 9.17) is 30.1 Å². The minimum absolute atomic E-state index is 0.207. The van der Waals surface area contributed by atoms with Crippen molar-refractivity contribution in [2.75, 3.05) is 38.6 Å². The van der Waals surface area contributed by atoms with E-state index in [-0.39, 0.29) is 5.91 Å². The van der Waals surface area contributed by atoms with Gasteiger partial charge in [0.15, 0.2) is 0 Å². The molecule has 0 radical (unpaired) electrons. The number of ether oxygens (including phenoxy) is 2. The highest BCUT2D eigenvalue weighted by Gasteiger charge is 2.38. The van der Waals surface area contributed by atoms with E-state index in [0.29, 0.717) is 45.1 Å². The fourth-order valence-electron chi connectivity index (χ4n) is 4.19. The lowest BCUT2D eigenvalue weighted by molar-refractivity contribution is -0.192. The number of anilines is 1. The van der Waals surface area contributed by atoms with Crippen LogP contribution in [-0.2, 0) is 20.7 Å². The van der Waals surface area contributed by atoms with Crippen LogP contribution in [0, 0.1) is 6.92 Å². The Kier molecular flexibility index (Phi) is 10.3. The van der Waals surface area contributed by atoms with Crippen molar-refractivity contribution < 1.29 is 37.3 Å². The Morgan fingerprint density at radius 2 is 1.87 bits per heavy atom. The third-order valence-corrected chi connectivity index (χ3v) is 6.30. The number of carbonyl (C=O) groups is 2. The summed E-state index contributed by atoms with van der Waals surface area (Å²) >= 11 is 0. The van der Waals surface area contributed by atoms with Gasteiger partial charge in [-0.15, -0.1) is 0 Å². The number of alkyl halides is 3. The zero-order valence-corrected chi connectivity index (χ0v) is 22.1. The number of morpholine rings is 1. The molecule has 3 aromatic rings. The monoisotopic (exact) mass is 553 g/mol. The van der Waals surface area contributed by atoms with E-state index in [2.05, 4.69) is 16.9 Å². The van der Waals surface area contributed by atoms with Crippen LogP contribution >= 0.6 is 0 Å². The SMILES string of the molecule is CCCCc1nc2c([nH]1)c(N)nc1ccc(OCCCCC(=O)N3CCOCC3)c(C)c12.O=C(O)C(F)(F)F. The second-order valence-corrected chi connectivity index (χ2v) is 9.19. The number of benzene rings is 1. The van der Waals surface area contributed by atoms with Crippen LogP contribution in [0.2, 0.25) is 0 Å². The van der Waals surface area contributed by atoms with Crippen LogP contribution in [0.1, 0.15) is 50.4 Å². The van der Waals surface area contributed by atoms with Crippen molar-refractivity contribution >= 4 is 39.6 Å². The summed E-state index contributed by atoms with van der Waals surface area (Å²) in [5, 5.41) is 8.10. The number of nitrogens with two attached hydrogens (primary N) is 1. The molecule has 1 aliphatic rings. The predicted molar refractivity (Wildman–Crippen MR) is 140 cm³/mol. The van der Waals surface area contributed by atoms with E-state index in [1.165, 1.54) is 0 Å². The average molecular weight is 554 g/mol. The van der Waals surface area contributed by atoms with Gasteiger partial charge in [-0.25, -0.2) is 14.8 Å². The third-order valence-electron chi connectivity index (χ3n) is 6.30. The van der Waals surface area contributed by atoms with E-state index in [0.717, 1.165) is 71.2 Å². The number of aromatic nitrogens is 3. The summed E-state index contributed by atoms with van der Waals surface area (Å²) in [6, 6.07) is 3.88. The molecule has 0 unspecified atom stereocenters. The zero-order chi connectivity index (χ0) is 28.6. The number of nitrogens with one attached hydrogen (secondary N) is 1. The van der Waals surface area contributed by atoms with Crippen LogP contribution in [0.4, 0.5) is 19.0 Å². The number of hydrogen-bond donors (Lipinski definition) is 3. The van der Waals surface area contributed by atoms with Crippen molar-refractivity contribution in [2.45, 2.75) is 58.5 Å². The number of rotatable bonds is 9. The molecular formula is C26H34F3N5O5. The fourth-order valence-corrected chi connectivity index (χ4v) is 4.19. The molecule has 214 valence electrons. The van der Waals surface area contributed by atoms with Crippen LogP contribution in [0.3, 0.4) is 0 Å². The number of aromatic amines is 1. The molecule has 2 aromatic heterocycles. The highest BCUT2D eigenvalue weighted by molar-refractivity contribution is 6.08. The largest absolute Gasteiger partial charge is 0.493 e. The van der Waals surface area contributed by atoms with Gasteiger partial charge < -0.3 is 30.2 Å². The molecule has 0 aliphatic carbocycles. The maximum atomic E-state index is 12.3. The standard InChI is InChI=1S/C24H33N5O3.C2HF3O2/c1-3-4-7-19-27-22-21-16(2)18(10-9-17(21)26-24(25)23(22)28-19)32-13-6-5-8-20(30)29-11-14-31-15-12-29;3-2(4,5)1(6)7/h9-10H,3-8,11-15H2,1-2H3,(H2,25,26)(H,27,28);(H,6,7). The zero-order valence-electron chi connectivity index (χ0n) is 22.1. The number of carboxylic acid groups (broad SMARTS) is 1. The van der Waals surface area contributed by atoms with Crippen molar-refractivity contribution in [3.05, 3.63) is 23.5 Å².